The van der Waals surface area contributed by atoms with Gasteiger partial charge >= 0.3 is 5.91 Å². The number of carbonyl (C=O) groups excluding carboxylic acids is 2. The smallest absolute Gasteiger partial charge is 0.307 e. The fourth-order valence-corrected chi connectivity index (χ4v) is 3.38. The van der Waals surface area contributed by atoms with Crippen LogP contribution in [-0.4, -0.2) is 31.7 Å². The lowest BCUT2D eigenvalue weighted by Gasteiger charge is -2.09. The van der Waals surface area contributed by atoms with Crippen LogP contribution in [0.5, 0.6) is 11.5 Å². The van der Waals surface area contributed by atoms with E-state index in [4.69, 9.17) is 25.5 Å². The van der Waals surface area contributed by atoms with Gasteiger partial charge in [-0.25, -0.2) is 9.82 Å². The van der Waals surface area contributed by atoms with Gasteiger partial charge in [0.2, 0.25) is 0 Å². The molecule has 1 aromatic heterocycles. The molecule has 0 atom stereocenters. The molecule has 3 aromatic carbocycles. The average Bonchev–Trinajstić information content (AvgIpc) is 3.30. The van der Waals surface area contributed by atoms with Crippen molar-refractivity contribution in [3.63, 3.8) is 0 Å². The molecular formula is C25H19ClFN3O5. The number of fused-ring (bicyclic) bond motifs is 1. The lowest BCUT2D eigenvalue weighted by molar-refractivity contribution is -0.118. The number of methoxy groups -OCH3 is 1. The van der Waals surface area contributed by atoms with Crippen LogP contribution >= 0.6 is 11.6 Å². The number of benzene rings is 3. The minimum absolute atomic E-state index is 0.0580. The van der Waals surface area contributed by atoms with Gasteiger partial charge in [0.05, 0.1) is 24.0 Å². The summed E-state index contributed by atoms with van der Waals surface area (Å²) in [6, 6.07) is 17.5. The molecule has 2 N–H and O–H groups in total. The molecule has 0 bridgehead atoms. The summed E-state index contributed by atoms with van der Waals surface area (Å²) >= 11 is 6.22. The normalized spacial score (nSPS) is 10.9. The van der Waals surface area contributed by atoms with Gasteiger partial charge in [-0.1, -0.05) is 35.9 Å². The van der Waals surface area contributed by atoms with E-state index in [9.17, 15) is 14.0 Å². The van der Waals surface area contributed by atoms with E-state index in [0.717, 1.165) is 5.39 Å². The number of hydrogen-bond acceptors (Lipinski definition) is 6. The van der Waals surface area contributed by atoms with E-state index >= 15 is 0 Å². The molecule has 0 saturated carbocycles. The summed E-state index contributed by atoms with van der Waals surface area (Å²) in [6.45, 7) is -0.361. The van der Waals surface area contributed by atoms with E-state index < -0.39 is 17.6 Å². The highest BCUT2D eigenvalue weighted by molar-refractivity contribution is 6.32. The molecular weight excluding hydrogens is 477 g/mol. The number of halogens is 2. The maximum Gasteiger partial charge on any atom is 0.307 e. The number of para-hydroxylation sites is 2. The number of anilines is 1. The average molecular weight is 496 g/mol. The van der Waals surface area contributed by atoms with Crippen molar-refractivity contribution < 1.29 is 27.9 Å². The number of furan rings is 1. The molecule has 0 aliphatic carbocycles. The molecule has 178 valence electrons. The topological polar surface area (TPSA) is 102 Å². The number of nitrogens with one attached hydrogen (secondary N) is 2. The van der Waals surface area contributed by atoms with Crippen LogP contribution in [0.15, 0.2) is 76.2 Å². The molecule has 0 radical (unpaired) electrons. The largest absolute Gasteiger partial charge is 0.493 e. The SMILES string of the molecule is COc1cccc2cc(C(=O)NN=Cc3ccc(OCC(=O)Nc4ccccc4F)c(Cl)c3)oc12. The van der Waals surface area contributed by atoms with E-state index in [-0.39, 0.29) is 28.8 Å². The number of ether oxygens (including phenoxy) is 2. The zero-order valence-electron chi connectivity index (χ0n) is 18.4. The quantitative estimate of drug-likeness (QED) is 0.264. The van der Waals surface area contributed by atoms with Crippen molar-refractivity contribution >= 4 is 46.3 Å². The molecule has 0 spiro atoms. The number of rotatable bonds is 8. The van der Waals surface area contributed by atoms with Crippen molar-refractivity contribution in [2.24, 2.45) is 5.10 Å². The maximum atomic E-state index is 13.6. The Morgan fingerprint density at radius 1 is 1.09 bits per heavy atom. The van der Waals surface area contributed by atoms with Gasteiger partial charge in [0.15, 0.2) is 23.7 Å². The lowest BCUT2D eigenvalue weighted by atomic mass is 10.2. The molecule has 0 fully saturated rings. The summed E-state index contributed by atoms with van der Waals surface area (Å²) < 4.78 is 29.8. The van der Waals surface area contributed by atoms with Gasteiger partial charge in [-0.3, -0.25) is 9.59 Å². The third-order valence-corrected chi connectivity index (χ3v) is 5.09. The zero-order valence-corrected chi connectivity index (χ0v) is 19.1. The fraction of sp³-hybridized carbons (Fsp3) is 0.0800. The predicted octanol–water partition coefficient (Wildman–Crippen LogP) is 5.02. The van der Waals surface area contributed by atoms with Gasteiger partial charge in [0.1, 0.15) is 11.6 Å². The molecule has 8 nitrogen and oxygen atoms in total. The van der Waals surface area contributed by atoms with Crippen LogP contribution in [0.3, 0.4) is 0 Å². The van der Waals surface area contributed by atoms with E-state index in [1.807, 2.05) is 0 Å². The zero-order chi connectivity index (χ0) is 24.8. The standard InChI is InChI=1S/C25H19ClFN3O5/c1-33-21-8-4-5-16-12-22(35-24(16)21)25(32)30-28-13-15-9-10-20(17(26)11-15)34-14-23(31)29-19-7-3-2-6-18(19)27/h2-13H,14H2,1H3,(H,29,31)(H,30,32). The van der Waals surface area contributed by atoms with Gasteiger partial charge in [0.25, 0.3) is 5.91 Å². The van der Waals surface area contributed by atoms with Crippen molar-refractivity contribution in [3.8, 4) is 11.5 Å². The first-order chi connectivity index (χ1) is 16.9. The molecule has 4 rings (SSSR count). The van der Waals surface area contributed by atoms with Crippen LogP contribution in [-0.2, 0) is 4.79 Å². The minimum atomic E-state index is -0.547. The Labute approximate surface area is 204 Å². The highest BCUT2D eigenvalue weighted by Crippen LogP contribution is 2.28. The molecule has 2 amide bonds. The Hall–Kier alpha value is -4.37. The Bertz CT molecular complexity index is 1420. The third-order valence-electron chi connectivity index (χ3n) is 4.79. The summed E-state index contributed by atoms with van der Waals surface area (Å²) in [5.74, 6) is -0.764. The minimum Gasteiger partial charge on any atom is -0.493 e. The first-order valence-electron chi connectivity index (χ1n) is 10.3. The van der Waals surface area contributed by atoms with E-state index in [1.54, 1.807) is 48.5 Å². The summed E-state index contributed by atoms with van der Waals surface area (Å²) in [7, 11) is 1.52. The first-order valence-corrected chi connectivity index (χ1v) is 10.7. The summed E-state index contributed by atoms with van der Waals surface area (Å²) in [5, 5.41) is 7.29. The maximum absolute atomic E-state index is 13.6. The molecule has 1 heterocycles. The van der Waals surface area contributed by atoms with Gasteiger partial charge < -0.3 is 19.2 Å². The van der Waals surface area contributed by atoms with Crippen LogP contribution in [0.25, 0.3) is 11.0 Å². The number of hydrazone groups is 1. The second-order valence-electron chi connectivity index (χ2n) is 7.19. The molecule has 0 saturated heterocycles. The predicted molar refractivity (Wildman–Crippen MR) is 130 cm³/mol. The molecule has 4 aromatic rings. The Balaban J connectivity index is 1.33. The monoisotopic (exact) mass is 495 g/mol. The van der Waals surface area contributed by atoms with Crippen molar-refractivity contribution in [2.45, 2.75) is 0 Å². The van der Waals surface area contributed by atoms with Crippen LogP contribution in [0.1, 0.15) is 16.1 Å². The highest BCUT2D eigenvalue weighted by Gasteiger charge is 2.14. The summed E-state index contributed by atoms with van der Waals surface area (Å²) in [5.41, 5.74) is 3.48. The number of carbonyl (C=O) groups is 2. The van der Waals surface area contributed by atoms with E-state index in [0.29, 0.717) is 16.9 Å². The van der Waals surface area contributed by atoms with Gasteiger partial charge in [0, 0.05) is 5.39 Å². The van der Waals surface area contributed by atoms with Crippen LogP contribution < -0.4 is 20.2 Å². The Morgan fingerprint density at radius 3 is 2.69 bits per heavy atom. The third kappa shape index (κ3) is 5.77. The molecule has 35 heavy (non-hydrogen) atoms. The number of amides is 2. The van der Waals surface area contributed by atoms with Gasteiger partial charge in [-0.05, 0) is 48.0 Å². The van der Waals surface area contributed by atoms with Crippen LogP contribution in [0.4, 0.5) is 10.1 Å². The summed E-state index contributed by atoms with van der Waals surface area (Å²) in [6.07, 6.45) is 1.39. The highest BCUT2D eigenvalue weighted by atomic mass is 35.5. The van der Waals surface area contributed by atoms with Crippen molar-refractivity contribution in [1.29, 1.82) is 0 Å². The Morgan fingerprint density at radius 2 is 1.91 bits per heavy atom. The number of hydrogen-bond donors (Lipinski definition) is 2. The van der Waals surface area contributed by atoms with Gasteiger partial charge in [-0.15, -0.1) is 0 Å². The lowest BCUT2D eigenvalue weighted by Crippen LogP contribution is -2.20. The molecule has 0 aliphatic rings. The van der Waals surface area contributed by atoms with E-state index in [1.165, 1.54) is 31.5 Å². The molecule has 10 heteroatoms. The second-order valence-corrected chi connectivity index (χ2v) is 7.60. The van der Waals surface area contributed by atoms with Crippen LogP contribution in [0, 0.1) is 5.82 Å². The second kappa shape index (κ2) is 10.7. The van der Waals surface area contributed by atoms with Crippen molar-refractivity contribution in [2.75, 3.05) is 19.0 Å². The van der Waals surface area contributed by atoms with Crippen LogP contribution in [0.2, 0.25) is 5.02 Å². The van der Waals surface area contributed by atoms with E-state index in [2.05, 4.69) is 15.8 Å². The Kier molecular flexibility index (Phi) is 7.27. The van der Waals surface area contributed by atoms with Gasteiger partial charge in [-0.2, -0.15) is 5.10 Å². The van der Waals surface area contributed by atoms with Crippen molar-refractivity contribution in [3.05, 3.63) is 88.9 Å². The number of nitrogens with zero attached hydrogens (tertiary/aromatic N) is 1. The van der Waals surface area contributed by atoms with Crippen molar-refractivity contribution in [1.82, 2.24) is 5.43 Å². The fourth-order valence-electron chi connectivity index (χ4n) is 3.14. The molecule has 0 aliphatic heterocycles. The summed E-state index contributed by atoms with van der Waals surface area (Å²) in [4.78, 5) is 24.4. The molecule has 0 unspecified atom stereocenters. The first kappa shape index (κ1) is 23.8.